The fourth-order valence-corrected chi connectivity index (χ4v) is 0.914. The largest absolute Gasteiger partial charge is 0.374 e. The molecule has 0 bridgehead atoms. The van der Waals surface area contributed by atoms with Gasteiger partial charge in [-0.1, -0.05) is 0 Å². The van der Waals surface area contributed by atoms with E-state index in [0.717, 1.165) is 0 Å². The molecule has 5 nitrogen and oxygen atoms in total. The highest BCUT2D eigenvalue weighted by atomic mass is 19.3. The van der Waals surface area contributed by atoms with Crippen molar-refractivity contribution >= 4 is 5.95 Å². The predicted octanol–water partition coefficient (Wildman–Crippen LogP) is 1.04. The number of hydrogen-bond acceptors (Lipinski definition) is 5. The molecule has 16 heavy (non-hydrogen) atoms. The number of ether oxygens (including phenoxy) is 1. The van der Waals surface area contributed by atoms with Crippen LogP contribution in [-0.2, 0) is 4.74 Å². The van der Waals surface area contributed by atoms with Crippen molar-refractivity contribution in [1.82, 2.24) is 9.97 Å². The molecule has 0 aliphatic heterocycles. The van der Waals surface area contributed by atoms with Gasteiger partial charge >= 0.3 is 0 Å². The number of nitrogens with zero attached hydrogens (tertiary/aromatic N) is 3. The van der Waals surface area contributed by atoms with E-state index in [1.807, 2.05) is 6.07 Å². The molecular formula is C9H10F2N4O. The SMILES string of the molecule is N#Cc1ccnc(NCCOCC(F)F)n1. The van der Waals surface area contributed by atoms with Gasteiger partial charge in [0.15, 0.2) is 0 Å². The summed E-state index contributed by atoms with van der Waals surface area (Å²) in [6.45, 7) is -0.146. The average Bonchev–Trinajstić information content (AvgIpc) is 2.28. The van der Waals surface area contributed by atoms with E-state index < -0.39 is 13.0 Å². The van der Waals surface area contributed by atoms with Crippen LogP contribution in [-0.4, -0.2) is 36.2 Å². The molecule has 7 heteroatoms. The van der Waals surface area contributed by atoms with Crippen LogP contribution in [0.4, 0.5) is 14.7 Å². The summed E-state index contributed by atoms with van der Waals surface area (Å²) in [5, 5.41) is 11.3. The lowest BCUT2D eigenvalue weighted by molar-refractivity contribution is 0.0214. The molecule has 0 radical (unpaired) electrons. The number of anilines is 1. The highest BCUT2D eigenvalue weighted by molar-refractivity contribution is 5.29. The van der Waals surface area contributed by atoms with Crippen LogP contribution in [0.3, 0.4) is 0 Å². The summed E-state index contributed by atoms with van der Waals surface area (Å²) in [7, 11) is 0. The lowest BCUT2D eigenvalue weighted by Crippen LogP contribution is -2.14. The van der Waals surface area contributed by atoms with Crippen LogP contribution in [0.15, 0.2) is 12.3 Å². The number of nitriles is 1. The Morgan fingerprint density at radius 1 is 1.56 bits per heavy atom. The monoisotopic (exact) mass is 228 g/mol. The summed E-state index contributed by atoms with van der Waals surface area (Å²) in [5.74, 6) is 0.277. The zero-order valence-corrected chi connectivity index (χ0v) is 8.36. The Bertz CT molecular complexity index is 367. The Hall–Kier alpha value is -1.81. The van der Waals surface area contributed by atoms with Gasteiger partial charge < -0.3 is 10.1 Å². The minimum absolute atomic E-state index is 0.129. The van der Waals surface area contributed by atoms with Crippen LogP contribution >= 0.6 is 0 Å². The Morgan fingerprint density at radius 3 is 3.06 bits per heavy atom. The van der Waals surface area contributed by atoms with Gasteiger partial charge in [0.1, 0.15) is 18.4 Å². The third kappa shape index (κ3) is 4.61. The number of hydrogen-bond donors (Lipinski definition) is 1. The van der Waals surface area contributed by atoms with Gasteiger partial charge in [-0.25, -0.2) is 18.7 Å². The topological polar surface area (TPSA) is 70.8 Å². The van der Waals surface area contributed by atoms with Crippen molar-refractivity contribution in [3.05, 3.63) is 18.0 Å². The first-order valence-electron chi connectivity index (χ1n) is 4.55. The van der Waals surface area contributed by atoms with Crippen LogP contribution in [0.2, 0.25) is 0 Å². The average molecular weight is 228 g/mol. The number of aromatic nitrogens is 2. The van der Waals surface area contributed by atoms with Gasteiger partial charge in [0.05, 0.1) is 6.61 Å². The molecular weight excluding hydrogens is 218 g/mol. The van der Waals surface area contributed by atoms with E-state index in [1.54, 1.807) is 0 Å². The number of alkyl halides is 2. The van der Waals surface area contributed by atoms with Crippen molar-refractivity contribution in [3.8, 4) is 6.07 Å². The molecule has 0 fully saturated rings. The molecule has 0 saturated carbocycles. The van der Waals surface area contributed by atoms with Crippen LogP contribution in [0.1, 0.15) is 5.69 Å². The summed E-state index contributed by atoms with van der Waals surface area (Å²) < 4.78 is 28.0. The Balaban J connectivity index is 2.24. The zero-order valence-electron chi connectivity index (χ0n) is 8.36. The van der Waals surface area contributed by atoms with Crippen molar-refractivity contribution < 1.29 is 13.5 Å². The predicted molar refractivity (Wildman–Crippen MR) is 52.1 cm³/mol. The molecule has 1 aromatic rings. The number of rotatable bonds is 6. The zero-order chi connectivity index (χ0) is 11.8. The molecule has 1 heterocycles. The molecule has 0 aliphatic rings. The minimum atomic E-state index is -2.46. The Kier molecular flexibility index (Phi) is 5.08. The van der Waals surface area contributed by atoms with E-state index in [-0.39, 0.29) is 18.2 Å². The van der Waals surface area contributed by atoms with E-state index in [2.05, 4.69) is 20.0 Å². The Labute approximate surface area is 91.1 Å². The highest BCUT2D eigenvalue weighted by Gasteiger charge is 2.01. The third-order valence-electron chi connectivity index (χ3n) is 1.54. The normalized spacial score (nSPS) is 10.1. The van der Waals surface area contributed by atoms with Crippen molar-refractivity contribution in [2.24, 2.45) is 0 Å². The molecule has 0 atom stereocenters. The summed E-state index contributed by atoms with van der Waals surface area (Å²) in [5.41, 5.74) is 0.242. The van der Waals surface area contributed by atoms with E-state index >= 15 is 0 Å². The number of nitrogens with one attached hydrogen (secondary N) is 1. The van der Waals surface area contributed by atoms with Crippen LogP contribution in [0.25, 0.3) is 0 Å². The van der Waals surface area contributed by atoms with Crippen molar-refractivity contribution in [2.45, 2.75) is 6.43 Å². The molecule has 0 amide bonds. The van der Waals surface area contributed by atoms with Crippen molar-refractivity contribution in [1.29, 1.82) is 5.26 Å². The third-order valence-corrected chi connectivity index (χ3v) is 1.54. The first kappa shape index (κ1) is 12.3. The molecule has 0 spiro atoms. The smallest absolute Gasteiger partial charge is 0.261 e. The summed E-state index contributed by atoms with van der Waals surface area (Å²) >= 11 is 0. The molecule has 0 aliphatic carbocycles. The van der Waals surface area contributed by atoms with E-state index in [9.17, 15) is 8.78 Å². The molecule has 0 saturated heterocycles. The second kappa shape index (κ2) is 6.63. The van der Waals surface area contributed by atoms with E-state index in [1.165, 1.54) is 12.3 Å². The Morgan fingerprint density at radius 2 is 2.38 bits per heavy atom. The number of halogens is 2. The van der Waals surface area contributed by atoms with Gasteiger partial charge in [-0.15, -0.1) is 0 Å². The van der Waals surface area contributed by atoms with Crippen molar-refractivity contribution in [2.75, 3.05) is 25.1 Å². The van der Waals surface area contributed by atoms with Crippen molar-refractivity contribution in [3.63, 3.8) is 0 Å². The lowest BCUT2D eigenvalue weighted by Gasteiger charge is -2.05. The second-order valence-electron chi connectivity index (χ2n) is 2.77. The molecule has 0 aromatic carbocycles. The van der Waals surface area contributed by atoms with Gasteiger partial charge in [-0.05, 0) is 6.07 Å². The summed E-state index contributed by atoms with van der Waals surface area (Å²) in [6.07, 6.45) is -1.02. The molecule has 86 valence electrons. The maximum Gasteiger partial charge on any atom is 0.261 e. The maximum absolute atomic E-state index is 11.7. The molecule has 1 rings (SSSR count). The van der Waals surface area contributed by atoms with Crippen LogP contribution in [0.5, 0.6) is 0 Å². The summed E-state index contributed by atoms with van der Waals surface area (Å²) in [4.78, 5) is 7.68. The van der Waals surface area contributed by atoms with Crippen LogP contribution < -0.4 is 5.32 Å². The van der Waals surface area contributed by atoms with Gasteiger partial charge in [0.25, 0.3) is 6.43 Å². The second-order valence-corrected chi connectivity index (χ2v) is 2.77. The molecule has 1 aromatic heterocycles. The van der Waals surface area contributed by atoms with Gasteiger partial charge in [0, 0.05) is 12.7 Å². The maximum atomic E-state index is 11.7. The van der Waals surface area contributed by atoms with E-state index in [4.69, 9.17) is 5.26 Å². The fraction of sp³-hybridized carbons (Fsp3) is 0.444. The molecule has 0 unspecified atom stereocenters. The first-order chi connectivity index (χ1) is 7.72. The fourth-order valence-electron chi connectivity index (χ4n) is 0.914. The first-order valence-corrected chi connectivity index (χ1v) is 4.55. The quantitative estimate of drug-likeness (QED) is 0.736. The summed E-state index contributed by atoms with van der Waals surface area (Å²) in [6, 6.07) is 3.33. The standard InChI is InChI=1S/C9H10F2N4O/c10-8(11)6-16-4-3-14-9-13-2-1-7(5-12)15-9/h1-2,8H,3-4,6H2,(H,13,14,15). The lowest BCUT2D eigenvalue weighted by atomic mass is 10.4. The van der Waals surface area contributed by atoms with Gasteiger partial charge in [-0.2, -0.15) is 5.26 Å². The van der Waals surface area contributed by atoms with Gasteiger partial charge in [0.2, 0.25) is 5.95 Å². The minimum Gasteiger partial charge on any atom is -0.374 e. The van der Waals surface area contributed by atoms with Crippen LogP contribution in [0, 0.1) is 11.3 Å². The van der Waals surface area contributed by atoms with Gasteiger partial charge in [-0.3, -0.25) is 0 Å². The van der Waals surface area contributed by atoms with E-state index in [0.29, 0.717) is 6.54 Å². The highest BCUT2D eigenvalue weighted by Crippen LogP contribution is 1.98. The molecule has 1 N–H and O–H groups in total.